The Hall–Kier alpha value is -2.87. The number of amides is 2. The number of pyridine rings is 1. The normalized spacial score (nSPS) is 20.0. The molecule has 1 aliphatic heterocycles. The highest BCUT2D eigenvalue weighted by molar-refractivity contribution is 5.85. The summed E-state index contributed by atoms with van der Waals surface area (Å²) in [5.41, 5.74) is 1.42. The largest absolute Gasteiger partial charge is 0.352 e. The average Bonchev–Trinajstić information content (AvgIpc) is 2.80. The van der Waals surface area contributed by atoms with E-state index in [0.717, 1.165) is 24.5 Å². The highest BCUT2D eigenvalue weighted by atomic mass is 19.1. The Labute approximate surface area is 181 Å². The maximum atomic E-state index is 13.3. The van der Waals surface area contributed by atoms with Crippen LogP contribution < -0.4 is 10.6 Å². The maximum Gasteiger partial charge on any atom is 0.223 e. The van der Waals surface area contributed by atoms with E-state index in [1.165, 1.54) is 12.1 Å². The molecule has 2 atom stereocenters. The summed E-state index contributed by atoms with van der Waals surface area (Å²) < 4.78 is 26.7. The minimum Gasteiger partial charge on any atom is -0.352 e. The van der Waals surface area contributed by atoms with Crippen LogP contribution in [0.3, 0.4) is 0 Å². The third-order valence-electron chi connectivity index (χ3n) is 5.52. The minimum absolute atomic E-state index is 0.0172. The lowest BCUT2D eigenvalue weighted by Gasteiger charge is -2.24. The Balaban J connectivity index is 1.55. The molecule has 0 saturated carbocycles. The SMILES string of the molecule is CN1CC(NCc2cccnc2)CCCC(C(=O)NCc2cc(F)cc(F)c2)CC1=O. The smallest absolute Gasteiger partial charge is 0.223 e. The fourth-order valence-corrected chi connectivity index (χ4v) is 3.80. The first kappa shape index (κ1) is 22.8. The van der Waals surface area contributed by atoms with Gasteiger partial charge in [0.25, 0.3) is 0 Å². The molecular formula is C23H28F2N4O2. The van der Waals surface area contributed by atoms with Crippen molar-refractivity contribution in [1.82, 2.24) is 20.5 Å². The third kappa shape index (κ3) is 7.10. The van der Waals surface area contributed by atoms with Crippen molar-refractivity contribution in [2.45, 2.75) is 44.8 Å². The molecule has 2 aromatic rings. The Kier molecular flexibility index (Phi) is 8.06. The van der Waals surface area contributed by atoms with Gasteiger partial charge in [0.15, 0.2) is 0 Å². The van der Waals surface area contributed by atoms with E-state index in [1.807, 2.05) is 18.3 Å². The van der Waals surface area contributed by atoms with E-state index >= 15 is 0 Å². The fourth-order valence-electron chi connectivity index (χ4n) is 3.80. The van der Waals surface area contributed by atoms with Crippen LogP contribution in [-0.4, -0.2) is 41.3 Å². The van der Waals surface area contributed by atoms with Gasteiger partial charge in [-0.05, 0) is 42.2 Å². The van der Waals surface area contributed by atoms with Gasteiger partial charge in [-0.15, -0.1) is 0 Å². The second kappa shape index (κ2) is 10.9. The number of halogens is 2. The van der Waals surface area contributed by atoms with Gasteiger partial charge in [-0.1, -0.05) is 12.5 Å². The van der Waals surface area contributed by atoms with Gasteiger partial charge in [0.1, 0.15) is 11.6 Å². The van der Waals surface area contributed by atoms with Gasteiger partial charge in [0.05, 0.1) is 0 Å². The summed E-state index contributed by atoms with van der Waals surface area (Å²) in [6, 6.07) is 7.16. The Morgan fingerprint density at radius 2 is 1.94 bits per heavy atom. The molecule has 6 nitrogen and oxygen atoms in total. The predicted molar refractivity (Wildman–Crippen MR) is 113 cm³/mol. The highest BCUT2D eigenvalue weighted by Gasteiger charge is 2.27. The van der Waals surface area contributed by atoms with E-state index < -0.39 is 17.6 Å². The van der Waals surface area contributed by atoms with Crippen molar-refractivity contribution >= 4 is 11.8 Å². The lowest BCUT2D eigenvalue weighted by atomic mass is 9.96. The van der Waals surface area contributed by atoms with E-state index in [4.69, 9.17) is 0 Å². The second-order valence-electron chi connectivity index (χ2n) is 8.04. The number of carbonyl (C=O) groups excluding carboxylic acids is 2. The summed E-state index contributed by atoms with van der Waals surface area (Å²) in [6.07, 6.45) is 5.85. The molecule has 1 aromatic carbocycles. The molecule has 1 aliphatic rings. The molecule has 2 amide bonds. The molecule has 0 spiro atoms. The molecule has 2 heterocycles. The van der Waals surface area contributed by atoms with Gasteiger partial charge in [-0.25, -0.2) is 8.78 Å². The molecule has 8 heteroatoms. The molecule has 1 aromatic heterocycles. The standard InChI is InChI=1S/C23H28F2N4O2/c1-29-15-21(27-13-16-4-3-7-26-12-16)6-2-5-18(10-22(29)30)23(31)28-14-17-8-19(24)11-20(25)9-17/h3-4,7-9,11-12,18,21,27H,2,5-6,10,13-15H2,1H3,(H,28,31). The van der Waals surface area contributed by atoms with Gasteiger partial charge >= 0.3 is 0 Å². The zero-order chi connectivity index (χ0) is 22.2. The first-order valence-electron chi connectivity index (χ1n) is 10.5. The van der Waals surface area contributed by atoms with Crippen LogP contribution in [-0.2, 0) is 22.7 Å². The van der Waals surface area contributed by atoms with Crippen LogP contribution in [0.5, 0.6) is 0 Å². The van der Waals surface area contributed by atoms with Crippen molar-refractivity contribution in [2.24, 2.45) is 5.92 Å². The van der Waals surface area contributed by atoms with Crippen molar-refractivity contribution in [3.8, 4) is 0 Å². The molecule has 2 N–H and O–H groups in total. The molecular weight excluding hydrogens is 402 g/mol. The van der Waals surface area contributed by atoms with E-state index in [0.29, 0.717) is 25.1 Å². The lowest BCUT2D eigenvalue weighted by Crippen LogP contribution is -2.41. The van der Waals surface area contributed by atoms with Crippen molar-refractivity contribution < 1.29 is 18.4 Å². The van der Waals surface area contributed by atoms with Crippen LogP contribution in [0, 0.1) is 17.6 Å². The van der Waals surface area contributed by atoms with E-state index in [1.54, 1.807) is 18.1 Å². The second-order valence-corrected chi connectivity index (χ2v) is 8.04. The molecule has 1 fully saturated rings. The Morgan fingerprint density at radius 3 is 2.65 bits per heavy atom. The van der Waals surface area contributed by atoms with Crippen molar-refractivity contribution in [2.75, 3.05) is 13.6 Å². The van der Waals surface area contributed by atoms with E-state index in [-0.39, 0.29) is 30.8 Å². The summed E-state index contributed by atoms with van der Waals surface area (Å²) in [5, 5.41) is 6.20. The number of rotatable bonds is 6. The number of likely N-dealkylation sites (N-methyl/N-ethyl adjacent to an activating group) is 1. The molecule has 0 bridgehead atoms. The van der Waals surface area contributed by atoms with Gasteiger partial charge in [-0.2, -0.15) is 0 Å². The maximum absolute atomic E-state index is 13.3. The number of nitrogens with zero attached hydrogens (tertiary/aromatic N) is 2. The van der Waals surface area contributed by atoms with Crippen LogP contribution in [0.25, 0.3) is 0 Å². The van der Waals surface area contributed by atoms with Gasteiger partial charge in [-0.3, -0.25) is 14.6 Å². The highest BCUT2D eigenvalue weighted by Crippen LogP contribution is 2.19. The average molecular weight is 430 g/mol. The monoisotopic (exact) mass is 430 g/mol. The van der Waals surface area contributed by atoms with Crippen molar-refractivity contribution in [1.29, 1.82) is 0 Å². The number of nitrogens with one attached hydrogen (secondary N) is 2. The van der Waals surface area contributed by atoms with Gasteiger partial charge in [0.2, 0.25) is 11.8 Å². The quantitative estimate of drug-likeness (QED) is 0.739. The fraction of sp³-hybridized carbons (Fsp3) is 0.435. The zero-order valence-electron chi connectivity index (χ0n) is 17.6. The first-order valence-corrected chi connectivity index (χ1v) is 10.5. The Morgan fingerprint density at radius 1 is 1.16 bits per heavy atom. The van der Waals surface area contributed by atoms with Crippen LogP contribution >= 0.6 is 0 Å². The molecule has 0 radical (unpaired) electrons. The Bertz CT molecular complexity index is 874. The lowest BCUT2D eigenvalue weighted by molar-refractivity contribution is -0.135. The van der Waals surface area contributed by atoms with Crippen molar-refractivity contribution in [3.05, 3.63) is 65.5 Å². The summed E-state index contributed by atoms with van der Waals surface area (Å²) in [5.74, 6) is -2.20. The van der Waals surface area contributed by atoms with E-state index in [9.17, 15) is 18.4 Å². The number of carbonyl (C=O) groups is 2. The van der Waals surface area contributed by atoms with Gasteiger partial charge < -0.3 is 15.5 Å². The third-order valence-corrected chi connectivity index (χ3v) is 5.52. The van der Waals surface area contributed by atoms with Crippen LogP contribution in [0.1, 0.15) is 36.8 Å². The van der Waals surface area contributed by atoms with E-state index in [2.05, 4.69) is 15.6 Å². The molecule has 0 aliphatic carbocycles. The number of aromatic nitrogens is 1. The van der Waals surface area contributed by atoms with Crippen LogP contribution in [0.4, 0.5) is 8.78 Å². The zero-order valence-corrected chi connectivity index (χ0v) is 17.6. The van der Waals surface area contributed by atoms with Crippen LogP contribution in [0.2, 0.25) is 0 Å². The molecule has 3 rings (SSSR count). The summed E-state index contributed by atoms with van der Waals surface area (Å²) in [7, 11) is 1.75. The number of hydrogen-bond acceptors (Lipinski definition) is 4. The van der Waals surface area contributed by atoms with Crippen LogP contribution in [0.15, 0.2) is 42.7 Å². The molecule has 2 unspecified atom stereocenters. The summed E-state index contributed by atoms with van der Waals surface area (Å²) >= 11 is 0. The predicted octanol–water partition coefficient (Wildman–Crippen LogP) is 2.78. The van der Waals surface area contributed by atoms with Crippen molar-refractivity contribution in [3.63, 3.8) is 0 Å². The summed E-state index contributed by atoms with van der Waals surface area (Å²) in [4.78, 5) is 31.1. The topological polar surface area (TPSA) is 74.3 Å². The molecule has 31 heavy (non-hydrogen) atoms. The first-order chi connectivity index (χ1) is 14.9. The molecule has 166 valence electrons. The van der Waals surface area contributed by atoms with Gasteiger partial charge in [0, 0.05) is 63.5 Å². The number of benzene rings is 1. The summed E-state index contributed by atoms with van der Waals surface area (Å²) in [6.45, 7) is 1.24. The molecule has 1 saturated heterocycles. The number of hydrogen-bond donors (Lipinski definition) is 2. The minimum atomic E-state index is -0.687.